The summed E-state index contributed by atoms with van der Waals surface area (Å²) in [6.45, 7) is 0. The molecule has 0 aliphatic heterocycles. The van der Waals surface area contributed by atoms with Gasteiger partial charge in [-0.05, 0) is 18.2 Å². The zero-order valence-corrected chi connectivity index (χ0v) is 11.2. The second-order valence-corrected chi connectivity index (χ2v) is 4.28. The van der Waals surface area contributed by atoms with E-state index >= 15 is 0 Å². The highest BCUT2D eigenvalue weighted by atomic mass is 19.4. The molecule has 0 saturated heterocycles. The van der Waals surface area contributed by atoms with Crippen LogP contribution in [0.1, 0.15) is 21.7 Å². The Morgan fingerprint density at radius 3 is 2.46 bits per heavy atom. The Hall–Kier alpha value is -3.49. The molecule has 2 aromatic rings. The van der Waals surface area contributed by atoms with Crippen LogP contribution in [0.5, 0.6) is 0 Å². The largest absolute Gasteiger partial charge is 0.543 e. The third-order valence-corrected chi connectivity index (χ3v) is 2.82. The molecule has 0 saturated carbocycles. The van der Waals surface area contributed by atoms with Crippen molar-refractivity contribution in [1.29, 1.82) is 5.26 Å². The smallest absolute Gasteiger partial charge is 0.442 e. The highest BCUT2D eigenvalue weighted by Gasteiger charge is 2.45. The van der Waals surface area contributed by atoms with E-state index in [-0.39, 0.29) is 4.68 Å². The number of hydrogen-bond acceptors (Lipinski definition) is 6. The Morgan fingerprint density at radius 2 is 2.00 bits per heavy atom. The van der Waals surface area contributed by atoms with Crippen molar-refractivity contribution in [3.05, 3.63) is 51.1 Å². The quantitative estimate of drug-likeness (QED) is 0.468. The SMILES string of the molecule is N#Cc1cc(-n2nc(C(F)(F)F)c([N+](=O)[O-])c2C(=O)[O-])ccc1F. The van der Waals surface area contributed by atoms with Crippen molar-refractivity contribution in [2.24, 2.45) is 0 Å². The first-order valence-corrected chi connectivity index (χ1v) is 5.84. The van der Waals surface area contributed by atoms with E-state index in [1.165, 1.54) is 6.07 Å². The van der Waals surface area contributed by atoms with Crippen LogP contribution in [0.2, 0.25) is 0 Å². The molecule has 2 rings (SSSR count). The monoisotopic (exact) mass is 343 g/mol. The fourth-order valence-electron chi connectivity index (χ4n) is 1.87. The number of nitrogens with zero attached hydrogens (tertiary/aromatic N) is 4. The predicted octanol–water partition coefficient (Wildman–Crippen LogP) is 1.17. The lowest BCUT2D eigenvalue weighted by molar-refractivity contribution is -0.389. The molecule has 0 fully saturated rings. The molecule has 1 aromatic heterocycles. The summed E-state index contributed by atoms with van der Waals surface area (Å²) in [5.41, 5.74) is -6.48. The minimum atomic E-state index is -5.32. The number of aromatic carboxylic acids is 1. The molecule has 0 spiro atoms. The van der Waals surface area contributed by atoms with Gasteiger partial charge >= 0.3 is 11.9 Å². The summed E-state index contributed by atoms with van der Waals surface area (Å²) in [7, 11) is 0. The Kier molecular flexibility index (Phi) is 3.95. The third kappa shape index (κ3) is 2.74. The van der Waals surface area contributed by atoms with Crippen LogP contribution in [0, 0.1) is 27.3 Å². The number of nitro groups is 1. The van der Waals surface area contributed by atoms with Gasteiger partial charge in [-0.15, -0.1) is 0 Å². The summed E-state index contributed by atoms with van der Waals surface area (Å²) in [6, 6.07) is 3.57. The minimum Gasteiger partial charge on any atom is -0.543 e. The first-order valence-electron chi connectivity index (χ1n) is 5.84. The topological polar surface area (TPSA) is 125 Å². The molecule has 0 radical (unpaired) electrons. The van der Waals surface area contributed by atoms with Crippen LogP contribution in [-0.2, 0) is 6.18 Å². The van der Waals surface area contributed by atoms with Crippen LogP contribution in [-0.4, -0.2) is 20.7 Å². The zero-order valence-electron chi connectivity index (χ0n) is 11.2. The Bertz CT molecular complexity index is 898. The van der Waals surface area contributed by atoms with E-state index in [1.54, 1.807) is 0 Å². The van der Waals surface area contributed by atoms with Gasteiger partial charge in [-0.1, -0.05) is 0 Å². The Balaban J connectivity index is 2.87. The number of alkyl halides is 3. The normalized spacial score (nSPS) is 11.1. The van der Waals surface area contributed by atoms with Gasteiger partial charge < -0.3 is 9.90 Å². The molecule has 24 heavy (non-hydrogen) atoms. The lowest BCUT2D eigenvalue weighted by Gasteiger charge is -2.07. The fourth-order valence-corrected chi connectivity index (χ4v) is 1.87. The van der Waals surface area contributed by atoms with Crippen LogP contribution in [0.15, 0.2) is 18.2 Å². The number of carbonyl (C=O) groups excluding carboxylic acids is 1. The van der Waals surface area contributed by atoms with Crippen LogP contribution in [0.4, 0.5) is 23.2 Å². The summed E-state index contributed by atoms with van der Waals surface area (Å²) >= 11 is 0. The molecule has 0 amide bonds. The van der Waals surface area contributed by atoms with E-state index in [0.29, 0.717) is 12.1 Å². The molecular weight excluding hydrogens is 340 g/mol. The molecule has 8 nitrogen and oxygen atoms in total. The number of benzene rings is 1. The van der Waals surface area contributed by atoms with Gasteiger partial charge in [0, 0.05) is 0 Å². The first-order chi connectivity index (χ1) is 11.1. The van der Waals surface area contributed by atoms with E-state index in [4.69, 9.17) is 5.26 Å². The van der Waals surface area contributed by atoms with Gasteiger partial charge in [0.1, 0.15) is 11.9 Å². The maximum Gasteiger partial charge on any atom is 0.442 e. The van der Waals surface area contributed by atoms with Gasteiger partial charge in [0.25, 0.3) is 0 Å². The molecule has 124 valence electrons. The summed E-state index contributed by atoms with van der Waals surface area (Å²) in [5.74, 6) is -3.32. The van der Waals surface area contributed by atoms with Crippen LogP contribution < -0.4 is 5.11 Å². The molecule has 0 bridgehead atoms. The lowest BCUT2D eigenvalue weighted by Crippen LogP contribution is -2.26. The number of halogens is 4. The first kappa shape index (κ1) is 16.9. The predicted molar refractivity (Wildman–Crippen MR) is 64.2 cm³/mol. The molecular formula is C12H3F4N4O4-. The second kappa shape index (κ2) is 5.61. The van der Waals surface area contributed by atoms with Crippen molar-refractivity contribution in [2.45, 2.75) is 6.18 Å². The fraction of sp³-hybridized carbons (Fsp3) is 0.0833. The average Bonchev–Trinajstić information content (AvgIpc) is 2.88. The standard InChI is InChI=1S/C12H4F4N4O4/c13-7-2-1-6(3-5(7)4-17)19-9(11(21)22)8(20(23)24)10(18-19)12(14,15)16/h1-3H,(H,21,22)/p-1. The van der Waals surface area contributed by atoms with Crippen molar-refractivity contribution in [2.75, 3.05) is 0 Å². The van der Waals surface area contributed by atoms with E-state index in [1.807, 2.05) is 0 Å². The summed E-state index contributed by atoms with van der Waals surface area (Å²) in [4.78, 5) is 20.4. The summed E-state index contributed by atoms with van der Waals surface area (Å²) in [5, 5.41) is 33.6. The molecule has 0 unspecified atom stereocenters. The Labute approximate surface area is 129 Å². The van der Waals surface area contributed by atoms with E-state index in [9.17, 15) is 37.6 Å². The Morgan fingerprint density at radius 1 is 1.38 bits per heavy atom. The average molecular weight is 343 g/mol. The molecule has 0 atom stereocenters. The number of carboxylic acids is 1. The number of carbonyl (C=O) groups is 1. The summed E-state index contributed by atoms with van der Waals surface area (Å²) < 4.78 is 52.0. The molecule has 0 aliphatic rings. The van der Waals surface area contributed by atoms with Crippen molar-refractivity contribution in [3.8, 4) is 11.8 Å². The van der Waals surface area contributed by atoms with Crippen molar-refractivity contribution in [3.63, 3.8) is 0 Å². The molecule has 1 aromatic carbocycles. The van der Waals surface area contributed by atoms with E-state index in [0.717, 1.165) is 6.07 Å². The van der Waals surface area contributed by atoms with Crippen molar-refractivity contribution >= 4 is 11.7 Å². The highest BCUT2D eigenvalue weighted by molar-refractivity contribution is 5.90. The number of hydrogen-bond donors (Lipinski definition) is 0. The van der Waals surface area contributed by atoms with Gasteiger partial charge in [0.15, 0.2) is 5.69 Å². The number of aromatic nitrogens is 2. The van der Waals surface area contributed by atoms with Crippen LogP contribution in [0.3, 0.4) is 0 Å². The number of carboxylic acid groups (broad SMARTS) is 1. The van der Waals surface area contributed by atoms with E-state index in [2.05, 4.69) is 5.10 Å². The number of nitriles is 1. The zero-order chi connectivity index (χ0) is 18.2. The maximum absolute atomic E-state index is 13.3. The second-order valence-electron chi connectivity index (χ2n) is 4.28. The number of rotatable bonds is 3. The minimum absolute atomic E-state index is 0.0660. The molecule has 12 heteroatoms. The van der Waals surface area contributed by atoms with Gasteiger partial charge in [0.2, 0.25) is 5.69 Å². The third-order valence-electron chi connectivity index (χ3n) is 2.82. The van der Waals surface area contributed by atoms with Gasteiger partial charge in [-0.25, -0.2) is 9.07 Å². The van der Waals surface area contributed by atoms with Gasteiger partial charge in [-0.2, -0.15) is 23.5 Å². The maximum atomic E-state index is 13.3. The highest BCUT2D eigenvalue weighted by Crippen LogP contribution is 2.38. The lowest BCUT2D eigenvalue weighted by atomic mass is 10.2. The molecule has 0 aliphatic carbocycles. The molecule has 0 N–H and O–H groups in total. The van der Waals surface area contributed by atoms with Crippen LogP contribution >= 0.6 is 0 Å². The van der Waals surface area contributed by atoms with Gasteiger partial charge in [0.05, 0.1) is 22.1 Å². The van der Waals surface area contributed by atoms with Crippen LogP contribution in [0.25, 0.3) is 5.69 Å². The molecule has 1 heterocycles. The van der Waals surface area contributed by atoms with Crippen molar-refractivity contribution < 1.29 is 32.4 Å². The van der Waals surface area contributed by atoms with E-state index < -0.39 is 51.2 Å². The summed E-state index contributed by atoms with van der Waals surface area (Å²) in [6.07, 6.45) is -5.32. The van der Waals surface area contributed by atoms with Crippen molar-refractivity contribution in [1.82, 2.24) is 9.78 Å². The van der Waals surface area contributed by atoms with Gasteiger partial charge in [-0.3, -0.25) is 10.1 Å².